The molecule has 36 heavy (non-hydrogen) atoms. The number of nitrogen functional groups attached to an aromatic ring is 1. The lowest BCUT2D eigenvalue weighted by Gasteiger charge is -2.30. The van der Waals surface area contributed by atoms with E-state index in [4.69, 9.17) is 10.7 Å². The summed E-state index contributed by atoms with van der Waals surface area (Å²) in [6, 6.07) is 15.9. The molecule has 3 heterocycles. The van der Waals surface area contributed by atoms with E-state index in [0.29, 0.717) is 17.5 Å². The number of hydrogen-bond acceptors (Lipinski definition) is 10. The van der Waals surface area contributed by atoms with Gasteiger partial charge in [-0.2, -0.15) is 4.99 Å². The summed E-state index contributed by atoms with van der Waals surface area (Å²) in [6.07, 6.45) is -0.479. The summed E-state index contributed by atoms with van der Waals surface area (Å²) in [6.45, 7) is 5.83. The summed E-state index contributed by atoms with van der Waals surface area (Å²) < 4.78 is 1.68. The van der Waals surface area contributed by atoms with Crippen molar-refractivity contribution < 1.29 is 0 Å². The minimum Gasteiger partial charge on any atom is -0.398 e. The molecule has 1 unspecified atom stereocenters. The van der Waals surface area contributed by atoms with Crippen LogP contribution in [0.3, 0.4) is 0 Å². The highest BCUT2D eigenvalue weighted by atomic mass is 32.1. The molecule has 0 saturated carbocycles. The third-order valence-electron chi connectivity index (χ3n) is 5.99. The highest BCUT2D eigenvalue weighted by molar-refractivity contribution is 7.78. The predicted octanol–water partition coefficient (Wildman–Crippen LogP) is 4.79. The zero-order valence-corrected chi connectivity index (χ0v) is 21.8. The van der Waals surface area contributed by atoms with Crippen molar-refractivity contribution in [3.8, 4) is 0 Å². The van der Waals surface area contributed by atoms with Crippen LogP contribution in [-0.2, 0) is 0 Å². The van der Waals surface area contributed by atoms with Gasteiger partial charge in [-0.05, 0) is 69.3 Å². The number of aromatic nitrogens is 2. The Kier molecular flexibility index (Phi) is 6.05. The van der Waals surface area contributed by atoms with Gasteiger partial charge in [-0.3, -0.25) is 14.3 Å². The Morgan fingerprint density at radius 2 is 1.53 bits per heavy atom. The van der Waals surface area contributed by atoms with Gasteiger partial charge in [0.2, 0.25) is 12.2 Å². The van der Waals surface area contributed by atoms with Crippen LogP contribution in [0.1, 0.15) is 18.3 Å². The van der Waals surface area contributed by atoms with Crippen molar-refractivity contribution >= 4 is 69.2 Å². The number of anilines is 4. The number of fused-ring (bicyclic) bond motifs is 2. The van der Waals surface area contributed by atoms with Gasteiger partial charge in [0.15, 0.2) is 0 Å². The molecule has 0 radical (unpaired) electrons. The Labute approximate surface area is 215 Å². The lowest BCUT2D eigenvalue weighted by molar-refractivity contribution is 0.537. The fourth-order valence-corrected chi connectivity index (χ4v) is 4.43. The lowest BCUT2D eigenvalue weighted by atomic mass is 10.1. The summed E-state index contributed by atoms with van der Waals surface area (Å²) in [4.78, 5) is 20.7. The molecular weight excluding hydrogens is 470 g/mol. The average molecular weight is 500 g/mol. The molecule has 0 fully saturated rings. The number of nitrogens with zero attached hydrogens (tertiary/aromatic N) is 6. The maximum absolute atomic E-state index is 6.24. The third kappa shape index (κ3) is 4.59. The van der Waals surface area contributed by atoms with Gasteiger partial charge in [-0.15, -0.1) is 0 Å². The van der Waals surface area contributed by atoms with Crippen LogP contribution in [0.4, 0.5) is 22.7 Å². The van der Waals surface area contributed by atoms with E-state index >= 15 is 0 Å². The summed E-state index contributed by atoms with van der Waals surface area (Å²) in [7, 11) is 4.06. The fourth-order valence-electron chi connectivity index (χ4n) is 4.28. The van der Waals surface area contributed by atoms with Gasteiger partial charge in [-0.1, -0.05) is 12.8 Å². The molecule has 0 amide bonds. The minimum absolute atomic E-state index is 0.479. The van der Waals surface area contributed by atoms with E-state index in [1.165, 1.54) is 0 Å². The van der Waals surface area contributed by atoms with Crippen molar-refractivity contribution in [1.82, 2.24) is 14.3 Å². The first-order valence-electron chi connectivity index (χ1n) is 11.6. The maximum Gasteiger partial charge on any atom is 0.227 e. The summed E-state index contributed by atoms with van der Waals surface area (Å²) >= 11 is 4.60. The molecule has 0 saturated heterocycles. The number of amidine groups is 1. The van der Waals surface area contributed by atoms with E-state index < -0.39 is 6.29 Å². The van der Waals surface area contributed by atoms with Crippen LogP contribution in [-0.4, -0.2) is 46.5 Å². The number of nitrogens with one attached hydrogen (secondary N) is 2. The topological polar surface area (TPSA) is 107 Å². The Bertz CT molecular complexity index is 1540. The smallest absolute Gasteiger partial charge is 0.227 e. The zero-order valence-electron chi connectivity index (χ0n) is 20.9. The predicted molar refractivity (Wildman–Crippen MR) is 154 cm³/mol. The second-order valence-corrected chi connectivity index (χ2v) is 9.52. The molecule has 2 aromatic heterocycles. The molecule has 5 rings (SSSR count). The van der Waals surface area contributed by atoms with E-state index in [1.54, 1.807) is 4.31 Å². The highest BCUT2D eigenvalue weighted by Gasteiger charge is 2.22. The Balaban J connectivity index is 1.44. The van der Waals surface area contributed by atoms with Crippen LogP contribution in [0.15, 0.2) is 58.5 Å². The first-order valence-corrected chi connectivity index (χ1v) is 12.0. The van der Waals surface area contributed by atoms with Crippen molar-refractivity contribution in [3.05, 3.63) is 59.9 Å². The van der Waals surface area contributed by atoms with Crippen LogP contribution in [0.5, 0.6) is 0 Å². The quantitative estimate of drug-likeness (QED) is 0.299. The summed E-state index contributed by atoms with van der Waals surface area (Å²) in [5, 5.41) is 8.70. The van der Waals surface area contributed by atoms with Gasteiger partial charge in [0, 0.05) is 59.0 Å². The number of aliphatic imine (C=N–C) groups is 2. The molecule has 2 aromatic carbocycles. The molecule has 1 atom stereocenters. The van der Waals surface area contributed by atoms with Gasteiger partial charge in [0.1, 0.15) is 5.84 Å². The van der Waals surface area contributed by atoms with Crippen molar-refractivity contribution in [2.45, 2.75) is 27.1 Å². The maximum atomic E-state index is 6.24. The van der Waals surface area contributed by atoms with Gasteiger partial charge in [-0.25, -0.2) is 4.99 Å². The number of rotatable bonds is 4. The summed E-state index contributed by atoms with van der Waals surface area (Å²) in [5.74, 6) is 1.19. The van der Waals surface area contributed by atoms with Gasteiger partial charge >= 0.3 is 0 Å². The van der Waals surface area contributed by atoms with Crippen LogP contribution in [0.25, 0.3) is 21.8 Å². The van der Waals surface area contributed by atoms with Gasteiger partial charge in [0.25, 0.3) is 0 Å². The van der Waals surface area contributed by atoms with Crippen molar-refractivity contribution in [3.63, 3.8) is 0 Å². The molecule has 1 aliphatic heterocycles. The van der Waals surface area contributed by atoms with Crippen LogP contribution in [0.2, 0.25) is 0 Å². The SMILES string of the molecule is CC1=NC(Nc2ccc3nc(C)cc(N(C)C)c3c2)=NC(Nc2ccc3nc(C)cc(N)c3c2)N1S. The average Bonchev–Trinajstić information content (AvgIpc) is 2.82. The van der Waals surface area contributed by atoms with Crippen LogP contribution < -0.4 is 21.3 Å². The second kappa shape index (κ2) is 9.19. The van der Waals surface area contributed by atoms with Crippen LogP contribution >= 0.6 is 12.8 Å². The normalized spacial score (nSPS) is 15.6. The minimum atomic E-state index is -0.479. The molecule has 0 bridgehead atoms. The van der Waals surface area contributed by atoms with E-state index in [-0.39, 0.29) is 0 Å². The first-order chi connectivity index (χ1) is 17.2. The molecular formula is C26H29N9S. The largest absolute Gasteiger partial charge is 0.398 e. The number of guanidine groups is 1. The molecule has 0 spiro atoms. The first kappa shape index (κ1) is 23.7. The standard InChI is InChI=1S/C26H29N9S/c1-14-10-21(27)19-12-18(7-8-22(19)28-14)32-26-33-25(30-16(3)35(26)36)31-17-6-9-23-20(13-17)24(34(4)5)11-15(2)29-23/h6-13,26,32,36H,1-5H3,(H2,27,28)(H,31,33). The number of pyridine rings is 2. The van der Waals surface area contributed by atoms with Gasteiger partial charge in [0.05, 0.1) is 11.0 Å². The Morgan fingerprint density at radius 1 is 0.889 bits per heavy atom. The van der Waals surface area contributed by atoms with Crippen molar-refractivity contribution in [2.75, 3.05) is 35.4 Å². The number of nitrogens with two attached hydrogens (primary N) is 1. The molecule has 10 heteroatoms. The number of hydrogen-bond donors (Lipinski definition) is 4. The lowest BCUT2D eigenvalue weighted by Crippen LogP contribution is -2.41. The fraction of sp³-hybridized carbons (Fsp3) is 0.231. The Morgan fingerprint density at radius 3 is 2.25 bits per heavy atom. The molecule has 4 N–H and O–H groups in total. The monoisotopic (exact) mass is 499 g/mol. The second-order valence-electron chi connectivity index (χ2n) is 9.09. The number of thiol groups is 1. The molecule has 1 aliphatic rings. The molecule has 9 nitrogen and oxygen atoms in total. The molecule has 184 valence electrons. The van der Waals surface area contributed by atoms with Crippen LogP contribution in [0, 0.1) is 13.8 Å². The van der Waals surface area contributed by atoms with Crippen molar-refractivity contribution in [1.29, 1.82) is 0 Å². The van der Waals surface area contributed by atoms with Crippen molar-refractivity contribution in [2.24, 2.45) is 9.98 Å². The highest BCUT2D eigenvalue weighted by Crippen LogP contribution is 2.29. The van der Waals surface area contributed by atoms with E-state index in [0.717, 1.165) is 50.3 Å². The van der Waals surface area contributed by atoms with Gasteiger partial charge < -0.3 is 21.3 Å². The third-order valence-corrected chi connectivity index (χ3v) is 6.50. The number of aryl methyl sites for hydroxylation is 2. The number of benzene rings is 2. The zero-order chi connectivity index (χ0) is 25.6. The Hall–Kier alpha value is -4.05. The van der Waals surface area contributed by atoms with E-state index in [2.05, 4.69) is 55.4 Å². The summed E-state index contributed by atoms with van der Waals surface area (Å²) in [5.41, 5.74) is 13.4. The van der Waals surface area contributed by atoms with E-state index in [9.17, 15) is 0 Å². The molecule has 4 aromatic rings. The molecule has 0 aliphatic carbocycles. The van der Waals surface area contributed by atoms with E-state index in [1.807, 2.05) is 71.3 Å².